The van der Waals surface area contributed by atoms with Crippen LogP contribution in [0.1, 0.15) is 38.4 Å². The van der Waals surface area contributed by atoms with Crippen LogP contribution in [0, 0.1) is 0 Å². The lowest BCUT2D eigenvalue weighted by Crippen LogP contribution is -2.50. The van der Waals surface area contributed by atoms with Gasteiger partial charge < -0.3 is 24.7 Å². The lowest BCUT2D eigenvalue weighted by molar-refractivity contribution is -0.139. The third-order valence-corrected chi connectivity index (χ3v) is 6.53. The lowest BCUT2D eigenvalue weighted by Gasteiger charge is -2.36. The summed E-state index contributed by atoms with van der Waals surface area (Å²) in [6, 6.07) is 4.38. The standard InChI is InChI=1S/C23H30N4O5/c1-5-32-12-6-10-24-20(28)14(2)27-21(29)23(3)19-16(9-11-26(23)22(27)30)17-13-15(31-4)7-8-18(17)25-19/h7-8,13-14,25H,5-6,9-12H2,1-4H3,(H,24,28). The van der Waals surface area contributed by atoms with Gasteiger partial charge in [0.15, 0.2) is 5.54 Å². The van der Waals surface area contributed by atoms with Crippen molar-refractivity contribution in [3.63, 3.8) is 0 Å². The molecule has 2 unspecified atom stereocenters. The summed E-state index contributed by atoms with van der Waals surface area (Å²) in [5, 5.41) is 3.79. The Morgan fingerprint density at radius 2 is 2.12 bits per heavy atom. The van der Waals surface area contributed by atoms with Crippen LogP contribution in [0.5, 0.6) is 5.75 Å². The summed E-state index contributed by atoms with van der Waals surface area (Å²) in [6.07, 6.45) is 1.28. The molecule has 1 aromatic heterocycles. The zero-order valence-electron chi connectivity index (χ0n) is 19.0. The molecule has 4 rings (SSSR count). The molecular weight excluding hydrogens is 412 g/mol. The predicted octanol–water partition coefficient (Wildman–Crippen LogP) is 2.14. The fourth-order valence-electron chi connectivity index (χ4n) is 4.71. The van der Waals surface area contributed by atoms with Gasteiger partial charge in [0.05, 0.1) is 12.8 Å². The highest BCUT2D eigenvalue weighted by Gasteiger charge is 2.60. The van der Waals surface area contributed by atoms with Crippen LogP contribution in [0.25, 0.3) is 10.9 Å². The van der Waals surface area contributed by atoms with E-state index in [2.05, 4.69) is 10.3 Å². The second-order valence-electron chi connectivity index (χ2n) is 8.34. The second-order valence-corrected chi connectivity index (χ2v) is 8.34. The van der Waals surface area contributed by atoms with E-state index < -0.39 is 17.6 Å². The van der Waals surface area contributed by atoms with Crippen molar-refractivity contribution in [1.82, 2.24) is 20.1 Å². The molecule has 2 aliphatic heterocycles. The van der Waals surface area contributed by atoms with Gasteiger partial charge in [0, 0.05) is 37.2 Å². The third-order valence-electron chi connectivity index (χ3n) is 6.53. The molecule has 32 heavy (non-hydrogen) atoms. The van der Waals surface area contributed by atoms with Gasteiger partial charge >= 0.3 is 6.03 Å². The Bertz CT molecular complexity index is 1060. The summed E-state index contributed by atoms with van der Waals surface area (Å²) in [5.74, 6) is -0.0100. The smallest absolute Gasteiger partial charge is 0.328 e. The summed E-state index contributed by atoms with van der Waals surface area (Å²) in [4.78, 5) is 45.6. The first kappa shape index (κ1) is 22.1. The van der Waals surface area contributed by atoms with E-state index in [0.717, 1.165) is 27.1 Å². The highest BCUT2D eigenvalue weighted by Crippen LogP contribution is 2.45. The number of imide groups is 1. The number of aromatic nitrogens is 1. The van der Waals surface area contributed by atoms with Gasteiger partial charge in [-0.15, -0.1) is 0 Å². The molecule has 9 heteroatoms. The largest absolute Gasteiger partial charge is 0.497 e. The average Bonchev–Trinajstić information content (AvgIpc) is 3.26. The number of methoxy groups -OCH3 is 1. The Morgan fingerprint density at radius 1 is 1.34 bits per heavy atom. The van der Waals surface area contributed by atoms with Gasteiger partial charge in [-0.3, -0.25) is 9.59 Å². The van der Waals surface area contributed by atoms with Gasteiger partial charge in [0.2, 0.25) is 5.91 Å². The fraction of sp³-hybridized carbons (Fsp3) is 0.522. The third kappa shape index (κ3) is 3.31. The van der Waals surface area contributed by atoms with Gasteiger partial charge in [-0.05, 0) is 57.4 Å². The summed E-state index contributed by atoms with van der Waals surface area (Å²) >= 11 is 0. The maximum atomic E-state index is 13.6. The van der Waals surface area contributed by atoms with Crippen molar-refractivity contribution in [1.29, 1.82) is 0 Å². The van der Waals surface area contributed by atoms with Gasteiger partial charge in [-0.25, -0.2) is 9.69 Å². The highest BCUT2D eigenvalue weighted by atomic mass is 16.5. The molecule has 0 aliphatic carbocycles. The number of rotatable bonds is 8. The molecule has 0 spiro atoms. The van der Waals surface area contributed by atoms with Crippen molar-refractivity contribution in [2.24, 2.45) is 0 Å². The van der Waals surface area contributed by atoms with Crippen molar-refractivity contribution in [3.05, 3.63) is 29.5 Å². The van der Waals surface area contributed by atoms with Crippen molar-refractivity contribution in [3.8, 4) is 5.75 Å². The predicted molar refractivity (Wildman–Crippen MR) is 118 cm³/mol. The molecule has 1 aromatic carbocycles. The molecule has 0 saturated carbocycles. The number of aromatic amines is 1. The zero-order valence-corrected chi connectivity index (χ0v) is 19.0. The minimum atomic E-state index is -1.18. The van der Waals surface area contributed by atoms with Crippen LogP contribution in [0.3, 0.4) is 0 Å². The topological polar surface area (TPSA) is 104 Å². The molecular formula is C23H30N4O5. The Balaban J connectivity index is 1.60. The number of urea groups is 1. The van der Waals surface area contributed by atoms with Gasteiger partial charge in [0.25, 0.3) is 5.91 Å². The molecule has 2 atom stereocenters. The lowest BCUT2D eigenvalue weighted by atomic mass is 9.87. The van der Waals surface area contributed by atoms with Gasteiger partial charge in [-0.1, -0.05) is 0 Å². The molecule has 0 radical (unpaired) electrons. The number of carbonyl (C=O) groups is 3. The van der Waals surface area contributed by atoms with Crippen LogP contribution in [0.4, 0.5) is 4.79 Å². The number of nitrogens with one attached hydrogen (secondary N) is 2. The van der Waals surface area contributed by atoms with Crippen molar-refractivity contribution < 1.29 is 23.9 Å². The Labute approximate surface area is 187 Å². The molecule has 3 heterocycles. The molecule has 2 aromatic rings. The molecule has 1 fully saturated rings. The second kappa shape index (κ2) is 8.46. The monoisotopic (exact) mass is 442 g/mol. The molecule has 2 N–H and O–H groups in total. The van der Waals surface area contributed by atoms with E-state index in [1.165, 1.54) is 0 Å². The number of nitrogens with zero attached hydrogens (tertiary/aromatic N) is 2. The normalized spacial score (nSPS) is 21.0. The van der Waals surface area contributed by atoms with Gasteiger partial charge in [0.1, 0.15) is 11.8 Å². The van der Waals surface area contributed by atoms with Gasteiger partial charge in [-0.2, -0.15) is 0 Å². The summed E-state index contributed by atoms with van der Waals surface area (Å²) < 4.78 is 10.6. The summed E-state index contributed by atoms with van der Waals surface area (Å²) in [5.41, 5.74) is 1.42. The molecule has 1 saturated heterocycles. The number of benzene rings is 1. The van der Waals surface area contributed by atoms with E-state index in [1.54, 1.807) is 25.9 Å². The van der Waals surface area contributed by atoms with Crippen LogP contribution in [0.2, 0.25) is 0 Å². The Kier molecular flexibility index (Phi) is 5.85. The SMILES string of the molecule is CCOCCCNC(=O)C(C)N1C(=O)N2CCc3c([nH]c4ccc(OC)cc34)C2(C)C1=O. The van der Waals surface area contributed by atoms with E-state index in [1.807, 2.05) is 25.1 Å². The Hall–Kier alpha value is -3.07. The van der Waals surface area contributed by atoms with E-state index in [4.69, 9.17) is 9.47 Å². The minimum absolute atomic E-state index is 0.353. The maximum Gasteiger partial charge on any atom is 0.328 e. The number of hydrogen-bond donors (Lipinski definition) is 2. The fourth-order valence-corrected chi connectivity index (χ4v) is 4.71. The summed E-state index contributed by atoms with van der Waals surface area (Å²) in [7, 11) is 1.61. The molecule has 4 amide bonds. The van der Waals surface area contributed by atoms with Crippen LogP contribution < -0.4 is 10.1 Å². The molecule has 2 aliphatic rings. The van der Waals surface area contributed by atoms with Crippen molar-refractivity contribution in [2.75, 3.05) is 33.4 Å². The number of amides is 4. The van der Waals surface area contributed by atoms with Crippen molar-refractivity contribution >= 4 is 28.7 Å². The van der Waals surface area contributed by atoms with E-state index in [-0.39, 0.29) is 11.8 Å². The number of hydrogen-bond acceptors (Lipinski definition) is 5. The number of ether oxygens (including phenoxy) is 2. The quantitative estimate of drug-likeness (QED) is 0.482. The van der Waals surface area contributed by atoms with E-state index in [0.29, 0.717) is 44.8 Å². The molecule has 9 nitrogen and oxygen atoms in total. The van der Waals surface area contributed by atoms with E-state index in [9.17, 15) is 14.4 Å². The molecule has 0 bridgehead atoms. The minimum Gasteiger partial charge on any atom is -0.497 e. The van der Waals surface area contributed by atoms with Crippen LogP contribution in [-0.4, -0.2) is 72.1 Å². The average molecular weight is 443 g/mol. The summed E-state index contributed by atoms with van der Waals surface area (Å²) in [6.45, 7) is 7.25. The Morgan fingerprint density at radius 3 is 2.84 bits per heavy atom. The number of carbonyl (C=O) groups excluding carboxylic acids is 3. The first-order chi connectivity index (χ1) is 15.3. The zero-order chi connectivity index (χ0) is 23.0. The van der Waals surface area contributed by atoms with Crippen LogP contribution in [-0.2, 0) is 26.3 Å². The van der Waals surface area contributed by atoms with Crippen LogP contribution in [0.15, 0.2) is 18.2 Å². The van der Waals surface area contributed by atoms with E-state index >= 15 is 0 Å². The molecule has 172 valence electrons. The number of H-pyrrole nitrogens is 1. The number of fused-ring (bicyclic) bond motifs is 5. The first-order valence-corrected chi connectivity index (χ1v) is 11.0. The van der Waals surface area contributed by atoms with Crippen LogP contribution >= 0.6 is 0 Å². The maximum absolute atomic E-state index is 13.6. The first-order valence-electron chi connectivity index (χ1n) is 11.0. The van der Waals surface area contributed by atoms with Crippen molar-refractivity contribution in [2.45, 2.75) is 45.2 Å². The highest BCUT2D eigenvalue weighted by molar-refractivity contribution is 6.11.